The summed E-state index contributed by atoms with van der Waals surface area (Å²) in [6, 6.07) is 6.92. The second-order valence-corrected chi connectivity index (χ2v) is 8.17. The molecule has 0 saturated carbocycles. The van der Waals surface area contributed by atoms with Crippen LogP contribution in [0, 0.1) is 6.92 Å². The van der Waals surface area contributed by atoms with Crippen LogP contribution < -0.4 is 20.7 Å². The highest BCUT2D eigenvalue weighted by Gasteiger charge is 2.19. The molecule has 3 N–H and O–H groups in total. The highest BCUT2D eigenvalue weighted by Crippen LogP contribution is 2.35. The Bertz CT molecular complexity index is 1160. The molecule has 0 fully saturated rings. The van der Waals surface area contributed by atoms with Gasteiger partial charge in [0.1, 0.15) is 11.2 Å². The molecule has 13 heteroatoms. The number of pyridine rings is 1. The maximum atomic E-state index is 12.4. The van der Waals surface area contributed by atoms with Crippen molar-refractivity contribution in [3.05, 3.63) is 56.4 Å². The summed E-state index contributed by atoms with van der Waals surface area (Å²) in [5.41, 5.74) is 7.68. The highest BCUT2D eigenvalue weighted by molar-refractivity contribution is 9.10. The summed E-state index contributed by atoms with van der Waals surface area (Å²) >= 11 is 16.4. The third kappa shape index (κ3) is 6.44. The Labute approximate surface area is 221 Å². The fourth-order valence-corrected chi connectivity index (χ4v) is 3.85. The summed E-state index contributed by atoms with van der Waals surface area (Å²) in [7, 11) is 1.56. The van der Waals surface area contributed by atoms with Crippen LogP contribution in [-0.4, -0.2) is 41.3 Å². The van der Waals surface area contributed by atoms with Gasteiger partial charge in [0.15, 0.2) is 11.4 Å². The van der Waals surface area contributed by atoms with Crippen LogP contribution in [0.3, 0.4) is 0 Å². The number of ether oxygens (including phenoxy) is 1. The number of anilines is 1. The molecule has 0 bridgehead atoms. The summed E-state index contributed by atoms with van der Waals surface area (Å²) < 4.78 is 8.68. The maximum Gasteiger partial charge on any atom is 0.246 e. The third-order valence-electron chi connectivity index (χ3n) is 4.61. The van der Waals surface area contributed by atoms with E-state index in [1.807, 2.05) is 23.6 Å². The molecule has 8 nitrogen and oxygen atoms in total. The van der Waals surface area contributed by atoms with E-state index in [4.69, 9.17) is 33.7 Å². The fourth-order valence-electron chi connectivity index (χ4n) is 2.87. The first-order valence-electron chi connectivity index (χ1n) is 9.20. The Hall–Kier alpha value is -1.75. The Kier molecular flexibility index (Phi) is 11.2. The molecule has 33 heavy (non-hydrogen) atoms. The molecular formula is C20H22BrCl4N5O3. The minimum absolute atomic E-state index is 0. The van der Waals surface area contributed by atoms with Gasteiger partial charge in [-0.3, -0.25) is 14.0 Å². The number of halogens is 5. The average Bonchev–Trinajstić information content (AvgIpc) is 3.05. The van der Waals surface area contributed by atoms with Crippen LogP contribution in [0.15, 0.2) is 35.1 Å². The second kappa shape index (κ2) is 12.6. The van der Waals surface area contributed by atoms with E-state index in [1.165, 1.54) is 4.90 Å². The smallest absolute Gasteiger partial charge is 0.246 e. The van der Waals surface area contributed by atoms with Crippen molar-refractivity contribution in [2.75, 3.05) is 25.0 Å². The van der Waals surface area contributed by atoms with Crippen molar-refractivity contribution in [1.29, 1.82) is 0 Å². The molecule has 2 aromatic heterocycles. The molecule has 0 atom stereocenters. The summed E-state index contributed by atoms with van der Waals surface area (Å²) in [6.07, 6.45) is 1.87. The molecular weight excluding hydrogens is 580 g/mol. The molecule has 0 aliphatic carbocycles. The number of nitrogens with two attached hydrogens (primary N) is 1. The Morgan fingerprint density at radius 1 is 1.27 bits per heavy atom. The number of hydrogen-bond acceptors (Lipinski definition) is 5. The summed E-state index contributed by atoms with van der Waals surface area (Å²) in [6.45, 7) is 1.56. The number of carbonyl (C=O) groups excluding carboxylic acids is 2. The molecule has 3 aromatic rings. The lowest BCUT2D eigenvalue weighted by Crippen LogP contribution is -2.40. The van der Waals surface area contributed by atoms with E-state index in [-0.39, 0.29) is 55.4 Å². The van der Waals surface area contributed by atoms with Crippen molar-refractivity contribution in [3.63, 3.8) is 0 Å². The van der Waals surface area contributed by atoms with E-state index in [2.05, 4.69) is 26.2 Å². The van der Waals surface area contributed by atoms with E-state index < -0.39 is 5.91 Å². The largest absolute Gasteiger partial charge is 0.485 e. The molecule has 0 spiro atoms. The number of likely N-dealkylation sites (N-methyl/N-ethyl adjacent to an activating group) is 1. The zero-order valence-corrected chi connectivity index (χ0v) is 22.3. The predicted molar refractivity (Wildman–Crippen MR) is 138 cm³/mol. The van der Waals surface area contributed by atoms with Crippen molar-refractivity contribution < 1.29 is 14.3 Å². The van der Waals surface area contributed by atoms with Crippen molar-refractivity contribution in [3.8, 4) is 5.75 Å². The van der Waals surface area contributed by atoms with Crippen LogP contribution in [0.4, 0.5) is 5.69 Å². The fraction of sp³-hybridized carbons (Fsp3) is 0.250. The molecule has 3 rings (SSSR count). The van der Waals surface area contributed by atoms with Gasteiger partial charge in [0.25, 0.3) is 0 Å². The molecule has 1 aromatic carbocycles. The van der Waals surface area contributed by atoms with Crippen molar-refractivity contribution in [1.82, 2.24) is 14.7 Å². The molecule has 0 radical (unpaired) electrons. The lowest BCUT2D eigenvalue weighted by molar-refractivity contribution is -0.124. The molecule has 2 heterocycles. The van der Waals surface area contributed by atoms with Gasteiger partial charge in [-0.1, -0.05) is 23.2 Å². The summed E-state index contributed by atoms with van der Waals surface area (Å²) in [4.78, 5) is 29.6. The Morgan fingerprint density at radius 2 is 1.97 bits per heavy atom. The first-order chi connectivity index (χ1) is 14.7. The number of aryl methyl sites for hydroxylation is 1. The van der Waals surface area contributed by atoms with Gasteiger partial charge in [-0.25, -0.2) is 4.98 Å². The van der Waals surface area contributed by atoms with Gasteiger partial charge in [0.2, 0.25) is 11.8 Å². The third-order valence-corrected chi connectivity index (χ3v) is 6.34. The van der Waals surface area contributed by atoms with Gasteiger partial charge < -0.3 is 20.7 Å². The van der Waals surface area contributed by atoms with E-state index in [0.717, 1.165) is 10.3 Å². The quantitative estimate of drug-likeness (QED) is 0.423. The maximum absolute atomic E-state index is 12.4. The van der Waals surface area contributed by atoms with Gasteiger partial charge in [-0.15, -0.1) is 24.8 Å². The van der Waals surface area contributed by atoms with Crippen LogP contribution in [0.1, 0.15) is 11.3 Å². The van der Waals surface area contributed by atoms with Gasteiger partial charge in [0, 0.05) is 23.8 Å². The first-order valence-corrected chi connectivity index (χ1v) is 10.8. The van der Waals surface area contributed by atoms with Crippen molar-refractivity contribution >= 4 is 87.1 Å². The van der Waals surface area contributed by atoms with Gasteiger partial charge in [-0.05, 0) is 47.1 Å². The Morgan fingerprint density at radius 3 is 2.64 bits per heavy atom. The van der Waals surface area contributed by atoms with Gasteiger partial charge in [0.05, 0.1) is 29.5 Å². The highest BCUT2D eigenvalue weighted by atomic mass is 79.9. The monoisotopic (exact) mass is 599 g/mol. The van der Waals surface area contributed by atoms with Crippen molar-refractivity contribution in [2.24, 2.45) is 5.73 Å². The molecule has 0 saturated heterocycles. The van der Waals surface area contributed by atoms with Crippen LogP contribution in [0.5, 0.6) is 5.75 Å². The normalized spacial score (nSPS) is 10.2. The number of imidazole rings is 1. The predicted octanol–water partition coefficient (Wildman–Crippen LogP) is 4.17. The molecule has 0 aliphatic heterocycles. The summed E-state index contributed by atoms with van der Waals surface area (Å²) in [5.74, 6) is -0.226. The molecule has 0 unspecified atom stereocenters. The SMILES string of the molecule is Cc1nc2c(OCc3c(Cl)ccc(N(C)C(=O)CNC(=O)CN)c3Cl)cccn2c1Br.Cl.Cl. The molecule has 2 amide bonds. The lowest BCUT2D eigenvalue weighted by atomic mass is 10.2. The average molecular weight is 602 g/mol. The number of rotatable bonds is 7. The molecule has 0 aliphatic rings. The zero-order valence-electron chi connectivity index (χ0n) is 17.6. The van der Waals surface area contributed by atoms with E-state index in [1.54, 1.807) is 25.2 Å². The van der Waals surface area contributed by atoms with Crippen LogP contribution in [0.25, 0.3) is 5.65 Å². The number of nitrogens with one attached hydrogen (secondary N) is 1. The number of aromatic nitrogens is 2. The van der Waals surface area contributed by atoms with Gasteiger partial charge >= 0.3 is 0 Å². The summed E-state index contributed by atoms with van der Waals surface area (Å²) in [5, 5.41) is 3.12. The van der Waals surface area contributed by atoms with Crippen molar-refractivity contribution in [2.45, 2.75) is 13.5 Å². The Balaban J connectivity index is 0.00000272. The number of benzene rings is 1. The van der Waals surface area contributed by atoms with Gasteiger partial charge in [-0.2, -0.15) is 0 Å². The van der Waals surface area contributed by atoms with E-state index in [0.29, 0.717) is 27.7 Å². The van der Waals surface area contributed by atoms with Crippen LogP contribution >= 0.6 is 63.9 Å². The topological polar surface area (TPSA) is 102 Å². The van der Waals surface area contributed by atoms with Crippen LogP contribution in [-0.2, 0) is 16.2 Å². The number of carbonyl (C=O) groups is 2. The van der Waals surface area contributed by atoms with E-state index in [9.17, 15) is 9.59 Å². The van der Waals surface area contributed by atoms with Crippen LogP contribution in [0.2, 0.25) is 10.0 Å². The van der Waals surface area contributed by atoms with E-state index >= 15 is 0 Å². The standard InChI is InChI=1S/C20H20BrCl2N5O3.2ClH/c1-11-19(21)28-7-3-4-15(20(28)26-11)31-10-12-13(22)5-6-14(18(12)23)27(2)17(30)9-25-16(29)8-24;;/h3-7H,8-10,24H2,1-2H3,(H,25,29);2*1H. The minimum Gasteiger partial charge on any atom is -0.485 e. The first kappa shape index (κ1) is 29.3. The minimum atomic E-state index is -0.423. The number of amides is 2. The zero-order chi connectivity index (χ0) is 22.7. The number of nitrogens with zero attached hydrogens (tertiary/aromatic N) is 3. The molecule has 180 valence electrons. The second-order valence-electron chi connectivity index (χ2n) is 6.64. The number of hydrogen-bond donors (Lipinski definition) is 2. The number of fused-ring (bicyclic) bond motifs is 1. The lowest BCUT2D eigenvalue weighted by Gasteiger charge is -2.21.